The number of rotatable bonds is 6. The van der Waals surface area contributed by atoms with E-state index in [2.05, 4.69) is 36.1 Å². The first-order valence-electron chi connectivity index (χ1n) is 10.5. The summed E-state index contributed by atoms with van der Waals surface area (Å²) in [5.74, 6) is 0.645. The molecule has 2 heterocycles. The van der Waals surface area contributed by atoms with E-state index in [0.29, 0.717) is 23.8 Å². The number of ether oxygens (including phenoxy) is 2. The molecule has 33 heavy (non-hydrogen) atoms. The number of hydrogen-bond acceptors (Lipinski definition) is 6. The van der Waals surface area contributed by atoms with Crippen LogP contribution in [0.15, 0.2) is 54.7 Å². The standard InChI is InChI=1S/C22H24ClN3O2.CH4O3S/c1-17-2-4-18(5-3-17)21-16-26(20-8-6-19(23)7-9-20)24-22(21)28-15-12-25-10-13-27-14-11-25;1-5(2,3)4/h2-9,16H,10-15H2,1H3;1H3,(H,2,3,4). The van der Waals surface area contributed by atoms with Crippen molar-refractivity contribution in [2.45, 2.75) is 6.92 Å². The van der Waals surface area contributed by atoms with Gasteiger partial charge in [-0.15, -0.1) is 5.10 Å². The molecule has 1 fully saturated rings. The van der Waals surface area contributed by atoms with Gasteiger partial charge in [-0.1, -0.05) is 41.4 Å². The Balaban J connectivity index is 0.000000555. The van der Waals surface area contributed by atoms with Crippen LogP contribution in [0.3, 0.4) is 0 Å². The van der Waals surface area contributed by atoms with Crippen molar-refractivity contribution in [1.29, 1.82) is 0 Å². The van der Waals surface area contributed by atoms with Crippen LogP contribution >= 0.6 is 11.6 Å². The molecule has 0 radical (unpaired) electrons. The number of benzene rings is 2. The van der Waals surface area contributed by atoms with E-state index in [4.69, 9.17) is 30.7 Å². The first-order valence-corrected chi connectivity index (χ1v) is 12.7. The van der Waals surface area contributed by atoms with Gasteiger partial charge in [0.05, 0.1) is 30.7 Å². The second-order valence-corrected chi connectivity index (χ2v) is 9.57. The van der Waals surface area contributed by atoms with Gasteiger partial charge in [0.1, 0.15) is 6.61 Å². The zero-order valence-electron chi connectivity index (χ0n) is 18.6. The molecule has 0 amide bonds. The summed E-state index contributed by atoms with van der Waals surface area (Å²) in [6.07, 6.45) is 2.73. The highest BCUT2D eigenvalue weighted by molar-refractivity contribution is 7.85. The lowest BCUT2D eigenvalue weighted by atomic mass is 10.1. The summed E-state index contributed by atoms with van der Waals surface area (Å²) >= 11 is 6.02. The van der Waals surface area contributed by atoms with Gasteiger partial charge < -0.3 is 9.47 Å². The molecule has 0 spiro atoms. The molecule has 1 aliphatic rings. The van der Waals surface area contributed by atoms with Gasteiger partial charge in [0.15, 0.2) is 0 Å². The quantitative estimate of drug-likeness (QED) is 0.523. The third-order valence-corrected chi connectivity index (χ3v) is 5.14. The smallest absolute Gasteiger partial charge is 0.261 e. The van der Waals surface area contributed by atoms with Crippen LogP contribution in [0.4, 0.5) is 0 Å². The largest absolute Gasteiger partial charge is 0.475 e. The Labute approximate surface area is 199 Å². The molecule has 178 valence electrons. The Morgan fingerprint density at radius 2 is 1.70 bits per heavy atom. The SMILES string of the molecule is CS(=O)(=O)O.Cc1ccc(-c2cn(-c3ccc(Cl)cc3)nc2OCCN2CCOCC2)cc1. The molecule has 0 atom stereocenters. The van der Waals surface area contributed by atoms with Crippen LogP contribution in [0.5, 0.6) is 5.88 Å². The van der Waals surface area contributed by atoms with Crippen molar-refractivity contribution in [3.05, 3.63) is 65.3 Å². The van der Waals surface area contributed by atoms with Gasteiger partial charge in [-0.25, -0.2) is 4.68 Å². The molecule has 2 aromatic carbocycles. The Kier molecular flexibility index (Phi) is 8.87. The van der Waals surface area contributed by atoms with E-state index in [1.165, 1.54) is 5.56 Å². The van der Waals surface area contributed by atoms with Crippen LogP contribution < -0.4 is 4.74 Å². The molecule has 0 bridgehead atoms. The zero-order chi connectivity index (χ0) is 23.8. The molecule has 4 rings (SSSR count). The topological polar surface area (TPSA) is 93.9 Å². The minimum atomic E-state index is -3.67. The first kappa shape index (κ1) is 25.2. The van der Waals surface area contributed by atoms with Crippen molar-refractivity contribution in [2.75, 3.05) is 45.7 Å². The lowest BCUT2D eigenvalue weighted by Crippen LogP contribution is -2.38. The van der Waals surface area contributed by atoms with E-state index in [9.17, 15) is 8.42 Å². The van der Waals surface area contributed by atoms with Crippen molar-refractivity contribution in [2.24, 2.45) is 0 Å². The first-order chi connectivity index (χ1) is 15.7. The van der Waals surface area contributed by atoms with Gasteiger partial charge in [0, 0.05) is 30.9 Å². The molecule has 3 aromatic rings. The molecule has 1 aromatic heterocycles. The Morgan fingerprint density at radius 3 is 2.30 bits per heavy atom. The van der Waals surface area contributed by atoms with E-state index in [1.54, 1.807) is 0 Å². The molecule has 1 saturated heterocycles. The highest BCUT2D eigenvalue weighted by Gasteiger charge is 2.15. The summed E-state index contributed by atoms with van der Waals surface area (Å²) in [5, 5.41) is 5.40. The van der Waals surface area contributed by atoms with Crippen molar-refractivity contribution in [1.82, 2.24) is 14.7 Å². The van der Waals surface area contributed by atoms with Crippen molar-refractivity contribution in [3.8, 4) is 22.7 Å². The number of halogens is 1. The molecule has 0 aliphatic carbocycles. The molecular formula is C23H28ClN3O5S. The Bertz CT molecular complexity index is 1120. The van der Waals surface area contributed by atoms with Gasteiger partial charge in [-0.05, 0) is 36.8 Å². The van der Waals surface area contributed by atoms with E-state index in [0.717, 1.165) is 49.7 Å². The van der Waals surface area contributed by atoms with Crippen molar-refractivity contribution < 1.29 is 22.4 Å². The fourth-order valence-electron chi connectivity index (χ4n) is 3.22. The molecule has 0 unspecified atom stereocenters. The lowest BCUT2D eigenvalue weighted by molar-refractivity contribution is 0.0320. The number of morpholine rings is 1. The maximum Gasteiger partial charge on any atom is 0.261 e. The molecular weight excluding hydrogens is 466 g/mol. The number of hydrogen-bond donors (Lipinski definition) is 1. The molecule has 1 aliphatic heterocycles. The van der Waals surface area contributed by atoms with Crippen molar-refractivity contribution in [3.63, 3.8) is 0 Å². The number of nitrogens with zero attached hydrogens (tertiary/aromatic N) is 3. The van der Waals surface area contributed by atoms with Crippen LogP contribution in [0.2, 0.25) is 5.02 Å². The maximum atomic E-state index is 9.19. The van der Waals surface area contributed by atoms with Crippen LogP contribution in [-0.2, 0) is 14.9 Å². The highest BCUT2D eigenvalue weighted by atomic mass is 35.5. The second-order valence-electron chi connectivity index (χ2n) is 7.67. The number of aryl methyl sites for hydroxylation is 1. The van der Waals surface area contributed by atoms with Crippen LogP contribution in [0.25, 0.3) is 16.8 Å². The van der Waals surface area contributed by atoms with E-state index < -0.39 is 10.1 Å². The minimum absolute atomic E-state index is 0.594. The second kappa shape index (κ2) is 11.6. The fraction of sp³-hybridized carbons (Fsp3) is 0.348. The molecule has 10 heteroatoms. The third-order valence-electron chi connectivity index (χ3n) is 4.88. The average Bonchev–Trinajstić information content (AvgIpc) is 3.18. The maximum absolute atomic E-state index is 9.19. The van der Waals surface area contributed by atoms with Crippen LogP contribution in [-0.4, -0.2) is 73.4 Å². The summed E-state index contributed by atoms with van der Waals surface area (Å²) in [6, 6.07) is 16.0. The van der Waals surface area contributed by atoms with Gasteiger partial charge in [-0.2, -0.15) is 8.42 Å². The van der Waals surface area contributed by atoms with E-state index >= 15 is 0 Å². The van der Waals surface area contributed by atoms with Crippen LogP contribution in [0.1, 0.15) is 5.56 Å². The zero-order valence-corrected chi connectivity index (χ0v) is 20.2. The Morgan fingerprint density at radius 1 is 1.09 bits per heavy atom. The summed E-state index contributed by atoms with van der Waals surface area (Å²) in [4.78, 5) is 2.35. The average molecular weight is 494 g/mol. The minimum Gasteiger partial charge on any atom is -0.475 e. The monoisotopic (exact) mass is 493 g/mol. The predicted octanol–water partition coefficient (Wildman–Crippen LogP) is 3.72. The van der Waals surface area contributed by atoms with Gasteiger partial charge >= 0.3 is 0 Å². The van der Waals surface area contributed by atoms with E-state index in [-0.39, 0.29) is 0 Å². The normalized spacial score (nSPS) is 14.4. The Hall–Kier alpha value is -2.43. The van der Waals surface area contributed by atoms with Gasteiger partial charge in [0.2, 0.25) is 5.88 Å². The lowest BCUT2D eigenvalue weighted by Gasteiger charge is -2.26. The highest BCUT2D eigenvalue weighted by Crippen LogP contribution is 2.30. The van der Waals surface area contributed by atoms with Gasteiger partial charge in [0.25, 0.3) is 10.1 Å². The molecule has 0 saturated carbocycles. The van der Waals surface area contributed by atoms with Crippen LogP contribution in [0, 0.1) is 6.92 Å². The number of aromatic nitrogens is 2. The fourth-order valence-corrected chi connectivity index (χ4v) is 3.34. The predicted molar refractivity (Wildman–Crippen MR) is 129 cm³/mol. The summed E-state index contributed by atoms with van der Waals surface area (Å²) in [6.45, 7) is 7.03. The van der Waals surface area contributed by atoms with Crippen molar-refractivity contribution >= 4 is 21.7 Å². The molecule has 8 nitrogen and oxygen atoms in total. The van der Waals surface area contributed by atoms with E-state index in [1.807, 2.05) is 35.1 Å². The summed E-state index contributed by atoms with van der Waals surface area (Å²) in [7, 11) is -3.67. The molecule has 1 N–H and O–H groups in total. The summed E-state index contributed by atoms with van der Waals surface area (Å²) in [5.41, 5.74) is 4.24. The van der Waals surface area contributed by atoms with Gasteiger partial charge in [-0.3, -0.25) is 9.45 Å². The summed E-state index contributed by atoms with van der Waals surface area (Å²) < 4.78 is 39.2. The third kappa shape index (κ3) is 8.45.